The summed E-state index contributed by atoms with van der Waals surface area (Å²) in [5.41, 5.74) is 3.37. The number of ether oxygens (including phenoxy) is 1. The van der Waals surface area contributed by atoms with Gasteiger partial charge in [-0.05, 0) is 23.1 Å². The number of rotatable bonds is 13. The van der Waals surface area contributed by atoms with Gasteiger partial charge in [-0.1, -0.05) is 113 Å². The maximum Gasteiger partial charge on any atom is 0.310 e. The van der Waals surface area contributed by atoms with Crippen molar-refractivity contribution in [3.05, 3.63) is 60.2 Å². The average molecular weight is 367 g/mol. The largest absolute Gasteiger partial charge is 0.465 e. The first kappa shape index (κ1) is 21.2. The van der Waals surface area contributed by atoms with E-state index in [4.69, 9.17) is 4.74 Å². The number of esters is 1. The Bertz CT molecular complexity index is 631. The molecule has 0 spiro atoms. The average Bonchev–Trinajstić information content (AvgIpc) is 2.70. The standard InChI is InChI=1S/C25H34O2/c1-2-3-4-5-6-7-8-9-13-20-27-25(26)21-22-16-18-24(19-17-22)23-14-11-10-12-15-23/h10-12,14-19H,2-9,13,20-21H2,1H3. The third-order valence-corrected chi connectivity index (χ3v) is 4.92. The van der Waals surface area contributed by atoms with Gasteiger partial charge in [-0.3, -0.25) is 4.79 Å². The van der Waals surface area contributed by atoms with Crippen LogP contribution in [0.1, 0.15) is 70.3 Å². The summed E-state index contributed by atoms with van der Waals surface area (Å²) in [4.78, 5) is 12.0. The van der Waals surface area contributed by atoms with Crippen LogP contribution in [0.2, 0.25) is 0 Å². The van der Waals surface area contributed by atoms with Crippen LogP contribution in [0, 0.1) is 0 Å². The molecule has 0 saturated carbocycles. The van der Waals surface area contributed by atoms with E-state index in [-0.39, 0.29) is 5.97 Å². The highest BCUT2D eigenvalue weighted by atomic mass is 16.5. The fraction of sp³-hybridized carbons (Fsp3) is 0.480. The molecule has 2 aromatic rings. The molecule has 0 amide bonds. The van der Waals surface area contributed by atoms with Crippen molar-refractivity contribution in [1.82, 2.24) is 0 Å². The summed E-state index contributed by atoms with van der Waals surface area (Å²) in [5.74, 6) is -0.123. The van der Waals surface area contributed by atoms with Crippen molar-refractivity contribution in [2.75, 3.05) is 6.61 Å². The van der Waals surface area contributed by atoms with Gasteiger partial charge in [0, 0.05) is 0 Å². The van der Waals surface area contributed by atoms with Gasteiger partial charge in [0.2, 0.25) is 0 Å². The highest BCUT2D eigenvalue weighted by Crippen LogP contribution is 2.19. The van der Waals surface area contributed by atoms with E-state index in [1.165, 1.54) is 56.1 Å². The molecule has 0 unspecified atom stereocenters. The Balaban J connectivity index is 1.55. The van der Waals surface area contributed by atoms with Crippen LogP contribution < -0.4 is 0 Å². The van der Waals surface area contributed by atoms with Crippen molar-refractivity contribution in [3.8, 4) is 11.1 Å². The summed E-state index contributed by atoms with van der Waals surface area (Å²) < 4.78 is 5.38. The fourth-order valence-corrected chi connectivity index (χ4v) is 3.26. The van der Waals surface area contributed by atoms with E-state index in [0.29, 0.717) is 13.0 Å². The zero-order valence-corrected chi connectivity index (χ0v) is 16.8. The van der Waals surface area contributed by atoms with Crippen LogP contribution in [-0.4, -0.2) is 12.6 Å². The minimum absolute atomic E-state index is 0.123. The minimum atomic E-state index is -0.123. The van der Waals surface area contributed by atoms with Crippen molar-refractivity contribution in [2.45, 2.75) is 71.1 Å². The number of carbonyl (C=O) groups excluding carboxylic acids is 1. The summed E-state index contributed by atoms with van der Waals surface area (Å²) in [6, 6.07) is 18.4. The monoisotopic (exact) mass is 366 g/mol. The lowest BCUT2D eigenvalue weighted by Crippen LogP contribution is -2.09. The molecule has 0 bridgehead atoms. The van der Waals surface area contributed by atoms with Crippen LogP contribution in [0.3, 0.4) is 0 Å². The summed E-state index contributed by atoms with van der Waals surface area (Å²) in [6.45, 7) is 2.80. The number of unbranched alkanes of at least 4 members (excludes halogenated alkanes) is 8. The molecule has 0 radical (unpaired) electrons. The van der Waals surface area contributed by atoms with Gasteiger partial charge in [0.05, 0.1) is 13.0 Å². The number of hydrogen-bond acceptors (Lipinski definition) is 2. The number of carbonyl (C=O) groups is 1. The van der Waals surface area contributed by atoms with E-state index in [2.05, 4.69) is 31.2 Å². The lowest BCUT2D eigenvalue weighted by Gasteiger charge is -2.06. The van der Waals surface area contributed by atoms with Gasteiger partial charge in [-0.2, -0.15) is 0 Å². The summed E-state index contributed by atoms with van der Waals surface area (Å²) in [7, 11) is 0. The maximum absolute atomic E-state index is 12.0. The molecular weight excluding hydrogens is 332 g/mol. The Labute approximate surface area is 165 Å². The van der Waals surface area contributed by atoms with Gasteiger partial charge < -0.3 is 4.74 Å². The smallest absolute Gasteiger partial charge is 0.310 e. The molecule has 2 nitrogen and oxygen atoms in total. The SMILES string of the molecule is CCCCCCCCCCCOC(=O)Cc1ccc(-c2ccccc2)cc1. The van der Waals surface area contributed by atoms with Crippen LogP contribution in [0.4, 0.5) is 0 Å². The predicted molar refractivity (Wildman–Crippen MR) is 114 cm³/mol. The van der Waals surface area contributed by atoms with Gasteiger partial charge in [0.25, 0.3) is 0 Å². The second kappa shape index (κ2) is 13.1. The van der Waals surface area contributed by atoms with Gasteiger partial charge in [0.1, 0.15) is 0 Å². The van der Waals surface area contributed by atoms with Crippen molar-refractivity contribution in [2.24, 2.45) is 0 Å². The van der Waals surface area contributed by atoms with Gasteiger partial charge in [-0.15, -0.1) is 0 Å². The van der Waals surface area contributed by atoms with E-state index >= 15 is 0 Å². The van der Waals surface area contributed by atoms with Crippen molar-refractivity contribution >= 4 is 5.97 Å². The van der Waals surface area contributed by atoms with E-state index in [0.717, 1.165) is 18.4 Å². The summed E-state index contributed by atoms with van der Waals surface area (Å²) in [6.07, 6.45) is 11.8. The Morgan fingerprint density at radius 3 is 1.89 bits per heavy atom. The van der Waals surface area contributed by atoms with E-state index < -0.39 is 0 Å². The highest BCUT2D eigenvalue weighted by Gasteiger charge is 2.05. The van der Waals surface area contributed by atoms with E-state index in [1.54, 1.807) is 0 Å². The second-order valence-electron chi connectivity index (χ2n) is 7.29. The molecule has 0 saturated heterocycles. The molecule has 0 aliphatic rings. The normalized spacial score (nSPS) is 10.7. The zero-order valence-electron chi connectivity index (χ0n) is 16.8. The van der Waals surface area contributed by atoms with Crippen molar-refractivity contribution in [1.29, 1.82) is 0 Å². The number of hydrogen-bond donors (Lipinski definition) is 0. The van der Waals surface area contributed by atoms with Crippen LogP contribution in [0.25, 0.3) is 11.1 Å². The third kappa shape index (κ3) is 8.90. The Hall–Kier alpha value is -2.09. The van der Waals surface area contributed by atoms with Gasteiger partial charge in [0.15, 0.2) is 0 Å². The molecule has 146 valence electrons. The first-order valence-corrected chi connectivity index (χ1v) is 10.6. The molecule has 0 aliphatic heterocycles. The highest BCUT2D eigenvalue weighted by molar-refractivity contribution is 5.73. The Morgan fingerprint density at radius 1 is 0.704 bits per heavy atom. The molecule has 0 atom stereocenters. The first-order valence-electron chi connectivity index (χ1n) is 10.6. The molecule has 2 aromatic carbocycles. The lowest BCUT2D eigenvalue weighted by molar-refractivity contribution is -0.142. The van der Waals surface area contributed by atoms with Crippen LogP contribution >= 0.6 is 0 Å². The summed E-state index contributed by atoms with van der Waals surface area (Å²) in [5, 5.41) is 0. The van der Waals surface area contributed by atoms with E-state index in [1.807, 2.05) is 30.3 Å². The lowest BCUT2D eigenvalue weighted by atomic mass is 10.0. The quantitative estimate of drug-likeness (QED) is 0.282. The minimum Gasteiger partial charge on any atom is -0.465 e. The van der Waals surface area contributed by atoms with Crippen LogP contribution in [-0.2, 0) is 16.0 Å². The molecule has 0 aliphatic carbocycles. The molecule has 0 heterocycles. The predicted octanol–water partition coefficient (Wildman–Crippen LogP) is 6.97. The second-order valence-corrected chi connectivity index (χ2v) is 7.29. The third-order valence-electron chi connectivity index (χ3n) is 4.92. The summed E-state index contributed by atoms with van der Waals surface area (Å²) >= 11 is 0. The Kier molecular flexibility index (Phi) is 10.3. The fourth-order valence-electron chi connectivity index (χ4n) is 3.26. The topological polar surface area (TPSA) is 26.3 Å². The molecule has 2 heteroatoms. The van der Waals surface area contributed by atoms with Crippen molar-refractivity contribution < 1.29 is 9.53 Å². The molecule has 0 N–H and O–H groups in total. The molecule has 0 aromatic heterocycles. The molecule has 27 heavy (non-hydrogen) atoms. The first-order chi connectivity index (χ1) is 13.3. The van der Waals surface area contributed by atoms with Gasteiger partial charge >= 0.3 is 5.97 Å². The van der Waals surface area contributed by atoms with Gasteiger partial charge in [-0.25, -0.2) is 0 Å². The zero-order chi connectivity index (χ0) is 19.2. The van der Waals surface area contributed by atoms with Crippen molar-refractivity contribution in [3.63, 3.8) is 0 Å². The van der Waals surface area contributed by atoms with E-state index in [9.17, 15) is 4.79 Å². The molecule has 0 fully saturated rings. The molecular formula is C25H34O2. The molecule has 2 rings (SSSR count). The number of benzene rings is 2. The Morgan fingerprint density at radius 2 is 1.26 bits per heavy atom. The van der Waals surface area contributed by atoms with Crippen LogP contribution in [0.15, 0.2) is 54.6 Å². The maximum atomic E-state index is 12.0. The van der Waals surface area contributed by atoms with Crippen LogP contribution in [0.5, 0.6) is 0 Å².